The molecule has 0 radical (unpaired) electrons. The van der Waals surface area contributed by atoms with Gasteiger partial charge in [0.2, 0.25) is 0 Å². The van der Waals surface area contributed by atoms with Gasteiger partial charge in [0.1, 0.15) is 33.3 Å². The molecule has 9 heteroatoms. The number of fused-ring (bicyclic) bond motifs is 24. The molecule has 0 aliphatic heterocycles. The Balaban J connectivity index is 0.000000104. The summed E-state index contributed by atoms with van der Waals surface area (Å²) in [6, 6.07) is 176. The summed E-state index contributed by atoms with van der Waals surface area (Å²) < 4.78 is 35.2. The molecule has 30 rings (SSSR count). The van der Waals surface area contributed by atoms with Crippen LogP contribution in [0.25, 0.3) is 277 Å². The van der Waals surface area contributed by atoms with Gasteiger partial charge in [-0.1, -0.05) is 376 Å². The Morgan fingerprint density at radius 2 is 0.397 bits per heavy atom. The zero-order valence-electron chi connectivity index (χ0n) is 76.1. The number of nitrogens with zero attached hydrogens (tertiary/aromatic N) is 3. The Bertz CT molecular complexity index is 10100. The Labute approximate surface area is 822 Å². The molecule has 0 saturated carbocycles. The van der Waals surface area contributed by atoms with Crippen molar-refractivity contribution in [2.24, 2.45) is 0 Å². The molecular weight excluding hydrogens is 1770 g/mol. The van der Waals surface area contributed by atoms with Crippen LogP contribution in [-0.4, -0.2) is 13.7 Å². The third-order valence-electron chi connectivity index (χ3n) is 28.3. The van der Waals surface area contributed by atoms with Gasteiger partial charge >= 0.3 is 0 Å². The molecule has 9 heterocycles. The monoisotopic (exact) mass is 1850 g/mol. The van der Waals surface area contributed by atoms with Crippen LogP contribution in [0.3, 0.4) is 0 Å². The largest absolute Gasteiger partial charge is 0.453 e. The van der Waals surface area contributed by atoms with Crippen molar-refractivity contribution in [1.82, 2.24) is 13.7 Å². The minimum absolute atomic E-state index is 0.917. The highest BCUT2D eigenvalue weighted by Gasteiger charge is 2.27. The van der Waals surface area contributed by atoms with Gasteiger partial charge in [0.05, 0.1) is 16.6 Å². The fourth-order valence-corrected chi connectivity index (χ4v) is 25.5. The van der Waals surface area contributed by atoms with Crippen molar-refractivity contribution in [2.75, 3.05) is 0 Å². The highest BCUT2D eigenvalue weighted by atomic mass is 32.1. The number of para-hydroxylation sites is 9. The van der Waals surface area contributed by atoms with E-state index in [4.69, 9.17) is 13.3 Å². The van der Waals surface area contributed by atoms with Gasteiger partial charge in [-0.25, -0.2) is 0 Å². The van der Waals surface area contributed by atoms with E-state index in [2.05, 4.69) is 505 Å². The van der Waals surface area contributed by atoms with Crippen LogP contribution in [0, 0.1) is 0 Å². The maximum absolute atomic E-state index is 6.79. The van der Waals surface area contributed by atoms with Crippen molar-refractivity contribution < 1.29 is 13.3 Å². The minimum atomic E-state index is 0.917. The number of thiophene rings is 3. The lowest BCUT2D eigenvalue weighted by atomic mass is 9.97. The lowest BCUT2D eigenvalue weighted by Crippen LogP contribution is -1.92. The first kappa shape index (κ1) is 81.6. The number of hydrogen-bond donors (Lipinski definition) is 0. The predicted molar refractivity (Wildman–Crippen MR) is 599 cm³/mol. The van der Waals surface area contributed by atoms with E-state index in [0.29, 0.717) is 0 Å². The highest BCUT2D eigenvalue weighted by molar-refractivity contribution is 7.27. The third-order valence-corrected chi connectivity index (χ3v) is 31.9. The standard InChI is InChI=1S/3C44H27NOS/c1-3-12-28(13-4-1)33-18-10-20-35-36-21-11-19-34(44(36)47-43(33)35)30-26-24-29(25-27-30)32-17-9-22-38-40-42(46-41(32)38)37-16-7-8-23-39(37)45(40)31-14-5-2-6-15-31;1-3-11-28(12-4-1)31-25-26-40-38(27-31)35-18-10-17-34(44(35)47-40)30-23-21-29(22-24-30)33-16-9-19-37-41-43(46-42(33)37)36-15-7-8-20-39(36)45(41)32-13-5-2-6-14-32;1-3-10-28(11-4-1)31-22-24-35-36-25-23-32(27-41(36)47-40(35)26-31)29-18-20-30(21-19-29)34-15-9-16-38-42-44(46-43(34)38)37-14-7-8-17-39(37)45(42)33-12-5-2-6-13-33/h3*1-27H. The van der Waals surface area contributed by atoms with Crippen LogP contribution >= 0.6 is 34.0 Å². The summed E-state index contributed by atoms with van der Waals surface area (Å²) in [5.41, 5.74) is 37.3. The van der Waals surface area contributed by atoms with Crippen LogP contribution in [0.15, 0.2) is 505 Å². The van der Waals surface area contributed by atoms with Crippen LogP contribution in [0.1, 0.15) is 0 Å². The lowest BCUT2D eigenvalue weighted by molar-refractivity contribution is 0.673. The van der Waals surface area contributed by atoms with Crippen LogP contribution in [0.2, 0.25) is 0 Å². The molecule has 0 aliphatic rings. The van der Waals surface area contributed by atoms with Crippen molar-refractivity contribution in [3.05, 3.63) is 491 Å². The number of aromatic nitrogens is 3. The van der Waals surface area contributed by atoms with Gasteiger partial charge in [0.25, 0.3) is 0 Å². The molecule has 6 nitrogen and oxygen atoms in total. The maximum Gasteiger partial charge on any atom is 0.161 e. The number of hydrogen-bond acceptors (Lipinski definition) is 6. The molecule has 30 aromatic rings. The van der Waals surface area contributed by atoms with Crippen molar-refractivity contribution in [2.45, 2.75) is 0 Å². The van der Waals surface area contributed by atoms with Gasteiger partial charge in [0, 0.05) is 127 Å². The fourth-order valence-electron chi connectivity index (χ4n) is 21.7. The summed E-state index contributed by atoms with van der Waals surface area (Å²) >= 11 is 5.64. The van der Waals surface area contributed by atoms with Crippen molar-refractivity contribution in [3.8, 4) is 117 Å². The second-order valence-corrected chi connectivity index (χ2v) is 39.4. The molecular formula is C132H81N3O3S3. The first-order chi connectivity index (χ1) is 69.9. The van der Waals surface area contributed by atoms with Crippen LogP contribution in [0.4, 0.5) is 0 Å². The molecule has 660 valence electrons. The quantitative estimate of drug-likeness (QED) is 0.122. The van der Waals surface area contributed by atoms with E-state index in [0.717, 1.165) is 149 Å². The fraction of sp³-hybridized carbons (Fsp3) is 0. The van der Waals surface area contributed by atoms with Crippen molar-refractivity contribution in [1.29, 1.82) is 0 Å². The molecule has 0 aliphatic carbocycles. The van der Waals surface area contributed by atoms with E-state index >= 15 is 0 Å². The third kappa shape index (κ3) is 13.6. The normalized spacial score (nSPS) is 11.8. The molecule has 0 bridgehead atoms. The van der Waals surface area contributed by atoms with Gasteiger partial charge in [-0.15, -0.1) is 34.0 Å². The van der Waals surface area contributed by atoms with Gasteiger partial charge in [-0.05, 0) is 199 Å². The summed E-state index contributed by atoms with van der Waals surface area (Å²) in [7, 11) is 0. The van der Waals surface area contributed by atoms with E-state index in [1.165, 1.54) is 127 Å². The van der Waals surface area contributed by atoms with E-state index in [9.17, 15) is 0 Å². The highest BCUT2D eigenvalue weighted by Crippen LogP contribution is 2.51. The smallest absolute Gasteiger partial charge is 0.161 e. The summed E-state index contributed by atoms with van der Waals surface area (Å²) in [5.74, 6) is 0. The Morgan fingerprint density at radius 1 is 0.142 bits per heavy atom. The first-order valence-corrected chi connectivity index (χ1v) is 50.2. The summed E-state index contributed by atoms with van der Waals surface area (Å²) in [5, 5.41) is 14.6. The van der Waals surface area contributed by atoms with Crippen molar-refractivity contribution in [3.63, 3.8) is 0 Å². The number of furan rings is 3. The molecule has 0 amide bonds. The number of benzene rings is 21. The average Bonchev–Trinajstić information content (AvgIpc) is 1.56. The minimum Gasteiger partial charge on any atom is -0.453 e. The van der Waals surface area contributed by atoms with E-state index in [1.54, 1.807) is 0 Å². The van der Waals surface area contributed by atoms with Crippen molar-refractivity contribution >= 4 is 193 Å². The Morgan fingerprint density at radius 3 is 0.766 bits per heavy atom. The molecule has 21 aromatic carbocycles. The zero-order chi connectivity index (χ0) is 92.7. The van der Waals surface area contributed by atoms with Crippen LogP contribution in [-0.2, 0) is 0 Å². The van der Waals surface area contributed by atoms with Crippen LogP contribution < -0.4 is 0 Å². The molecule has 141 heavy (non-hydrogen) atoms. The SMILES string of the molecule is c1ccc(-c2ccc3c(c2)sc2cc(-c4ccc(-c5cccc6c5oc5c7ccccc7n(-c7ccccc7)c65)cc4)ccc23)cc1.c1ccc(-c2ccc3sc4c(-c5ccc(-c6cccc7c6oc6c8ccccc8n(-c8ccccc8)c76)cc5)cccc4c3c2)cc1.c1ccc(-c2cccc3c2sc2c(-c4ccc(-c5cccc6c5oc5c7ccccc7n(-c7ccccc7)c65)cc4)cccc23)cc1. The average molecular weight is 1850 g/mol. The van der Waals surface area contributed by atoms with E-state index in [-0.39, 0.29) is 0 Å². The van der Waals surface area contributed by atoms with Crippen LogP contribution in [0.5, 0.6) is 0 Å². The molecule has 0 saturated heterocycles. The molecule has 0 N–H and O–H groups in total. The lowest BCUT2D eigenvalue weighted by Gasteiger charge is -2.09. The molecule has 0 spiro atoms. The van der Waals surface area contributed by atoms with E-state index in [1.807, 2.05) is 34.0 Å². The van der Waals surface area contributed by atoms with E-state index < -0.39 is 0 Å². The summed E-state index contributed by atoms with van der Waals surface area (Å²) in [4.78, 5) is 0. The van der Waals surface area contributed by atoms with Gasteiger partial charge in [-0.3, -0.25) is 0 Å². The maximum atomic E-state index is 6.79. The predicted octanol–water partition coefficient (Wildman–Crippen LogP) is 38.7. The Kier molecular flexibility index (Phi) is 19.5. The Hall–Kier alpha value is -17.7. The molecule has 9 aromatic heterocycles. The second kappa shape index (κ2) is 33.6. The second-order valence-electron chi connectivity index (χ2n) is 36.3. The molecule has 0 atom stereocenters. The molecule has 0 fully saturated rings. The topological polar surface area (TPSA) is 54.2 Å². The summed E-state index contributed by atoms with van der Waals surface area (Å²) in [6.45, 7) is 0. The van der Waals surface area contributed by atoms with Gasteiger partial charge in [-0.2, -0.15) is 0 Å². The van der Waals surface area contributed by atoms with Gasteiger partial charge in [0.15, 0.2) is 16.7 Å². The van der Waals surface area contributed by atoms with Gasteiger partial charge < -0.3 is 27.0 Å². The number of rotatable bonds is 12. The summed E-state index contributed by atoms with van der Waals surface area (Å²) in [6.07, 6.45) is 0. The first-order valence-electron chi connectivity index (χ1n) is 47.8. The zero-order valence-corrected chi connectivity index (χ0v) is 78.5. The molecule has 0 unspecified atom stereocenters.